The summed E-state index contributed by atoms with van der Waals surface area (Å²) in [7, 11) is 0. The third-order valence-corrected chi connectivity index (χ3v) is 3.33. The third kappa shape index (κ3) is 3.19. The van der Waals surface area contributed by atoms with E-state index in [0.717, 1.165) is 12.8 Å². The van der Waals surface area contributed by atoms with Crippen LogP contribution < -0.4 is 5.73 Å². The van der Waals surface area contributed by atoms with Crippen molar-refractivity contribution in [2.24, 2.45) is 11.7 Å². The number of morpholine rings is 1. The maximum absolute atomic E-state index is 12.2. The van der Waals surface area contributed by atoms with Crippen LogP contribution in [0.1, 0.15) is 33.6 Å². The number of ether oxygens (including phenoxy) is 1. The molecule has 0 aromatic rings. The summed E-state index contributed by atoms with van der Waals surface area (Å²) in [6.45, 7) is 8.02. The van der Waals surface area contributed by atoms with Gasteiger partial charge >= 0.3 is 0 Å². The van der Waals surface area contributed by atoms with Gasteiger partial charge in [0.25, 0.3) is 0 Å². The summed E-state index contributed by atoms with van der Waals surface area (Å²) in [5.41, 5.74) is 5.81. The fourth-order valence-corrected chi connectivity index (χ4v) is 2.09. The zero-order valence-electron chi connectivity index (χ0n) is 10.6. The number of hydrogen-bond acceptors (Lipinski definition) is 3. The quantitative estimate of drug-likeness (QED) is 0.781. The number of rotatable bonds is 4. The van der Waals surface area contributed by atoms with E-state index in [1.807, 2.05) is 11.8 Å². The monoisotopic (exact) mass is 228 g/mol. The van der Waals surface area contributed by atoms with E-state index in [2.05, 4.69) is 13.8 Å². The molecule has 1 heterocycles. The van der Waals surface area contributed by atoms with Crippen LogP contribution in [-0.4, -0.2) is 42.6 Å². The molecule has 1 amide bonds. The zero-order chi connectivity index (χ0) is 12.1. The van der Waals surface area contributed by atoms with Crippen LogP contribution in [0.2, 0.25) is 0 Å². The van der Waals surface area contributed by atoms with Crippen LogP contribution in [0.4, 0.5) is 0 Å². The van der Waals surface area contributed by atoms with Gasteiger partial charge < -0.3 is 15.4 Å². The first kappa shape index (κ1) is 13.5. The molecule has 1 saturated heterocycles. The van der Waals surface area contributed by atoms with Gasteiger partial charge in [-0.3, -0.25) is 4.79 Å². The standard InChI is InChI=1S/C12H24N2O2/c1-4-10(5-2)12(15)14-6-7-16-11(8-14)9(3)13/h9-11H,4-8,13H2,1-3H3. The van der Waals surface area contributed by atoms with Gasteiger partial charge in [-0.25, -0.2) is 0 Å². The fourth-order valence-electron chi connectivity index (χ4n) is 2.09. The molecule has 1 aliphatic heterocycles. The maximum atomic E-state index is 12.2. The first-order chi connectivity index (χ1) is 7.60. The number of nitrogens with two attached hydrogens (primary N) is 1. The second-order valence-electron chi connectivity index (χ2n) is 4.57. The predicted octanol–water partition coefficient (Wildman–Crippen LogP) is 0.997. The lowest BCUT2D eigenvalue weighted by atomic mass is 10.0. The summed E-state index contributed by atoms with van der Waals surface area (Å²) in [4.78, 5) is 14.1. The van der Waals surface area contributed by atoms with Crippen molar-refractivity contribution >= 4 is 5.91 Å². The molecular weight excluding hydrogens is 204 g/mol. The van der Waals surface area contributed by atoms with Gasteiger partial charge in [0.05, 0.1) is 12.7 Å². The molecule has 0 spiro atoms. The number of carbonyl (C=O) groups is 1. The molecule has 0 radical (unpaired) electrons. The molecule has 2 N–H and O–H groups in total. The molecule has 1 rings (SSSR count). The molecular formula is C12H24N2O2. The lowest BCUT2D eigenvalue weighted by molar-refractivity contribution is -0.143. The highest BCUT2D eigenvalue weighted by molar-refractivity contribution is 5.78. The molecule has 0 aromatic heterocycles. The van der Waals surface area contributed by atoms with Gasteiger partial charge in [0, 0.05) is 25.0 Å². The molecule has 0 aromatic carbocycles. The van der Waals surface area contributed by atoms with Crippen molar-refractivity contribution in [1.82, 2.24) is 4.90 Å². The first-order valence-corrected chi connectivity index (χ1v) is 6.26. The molecule has 0 aliphatic carbocycles. The van der Waals surface area contributed by atoms with Gasteiger partial charge in [-0.1, -0.05) is 13.8 Å². The van der Waals surface area contributed by atoms with Crippen molar-refractivity contribution in [3.05, 3.63) is 0 Å². The van der Waals surface area contributed by atoms with Crippen LogP contribution in [0.3, 0.4) is 0 Å². The molecule has 16 heavy (non-hydrogen) atoms. The van der Waals surface area contributed by atoms with Gasteiger partial charge in [-0.05, 0) is 19.8 Å². The fraction of sp³-hybridized carbons (Fsp3) is 0.917. The van der Waals surface area contributed by atoms with Crippen molar-refractivity contribution in [2.45, 2.75) is 45.8 Å². The van der Waals surface area contributed by atoms with Gasteiger partial charge in [0.2, 0.25) is 5.91 Å². The van der Waals surface area contributed by atoms with E-state index in [9.17, 15) is 4.79 Å². The van der Waals surface area contributed by atoms with Gasteiger partial charge in [0.15, 0.2) is 0 Å². The van der Waals surface area contributed by atoms with E-state index in [-0.39, 0.29) is 24.0 Å². The zero-order valence-corrected chi connectivity index (χ0v) is 10.6. The topological polar surface area (TPSA) is 55.6 Å². The second kappa shape index (κ2) is 6.21. The molecule has 2 atom stereocenters. The average molecular weight is 228 g/mol. The summed E-state index contributed by atoms with van der Waals surface area (Å²) >= 11 is 0. The number of hydrogen-bond donors (Lipinski definition) is 1. The minimum Gasteiger partial charge on any atom is -0.373 e. The Morgan fingerprint density at radius 3 is 2.62 bits per heavy atom. The molecule has 1 aliphatic rings. The second-order valence-corrected chi connectivity index (χ2v) is 4.57. The molecule has 94 valence electrons. The van der Waals surface area contributed by atoms with Crippen molar-refractivity contribution in [3.63, 3.8) is 0 Å². The molecule has 4 heteroatoms. The van der Waals surface area contributed by atoms with Crippen molar-refractivity contribution < 1.29 is 9.53 Å². The van der Waals surface area contributed by atoms with Gasteiger partial charge in [-0.2, -0.15) is 0 Å². The highest BCUT2D eigenvalue weighted by Crippen LogP contribution is 2.15. The Morgan fingerprint density at radius 2 is 2.12 bits per heavy atom. The van der Waals surface area contributed by atoms with Crippen LogP contribution in [0, 0.1) is 5.92 Å². The van der Waals surface area contributed by atoms with E-state index in [4.69, 9.17) is 10.5 Å². The maximum Gasteiger partial charge on any atom is 0.225 e. The highest BCUT2D eigenvalue weighted by Gasteiger charge is 2.29. The lowest BCUT2D eigenvalue weighted by Gasteiger charge is -2.36. The Kier molecular flexibility index (Phi) is 5.22. The lowest BCUT2D eigenvalue weighted by Crippen LogP contribution is -2.52. The van der Waals surface area contributed by atoms with Crippen molar-refractivity contribution in [1.29, 1.82) is 0 Å². The summed E-state index contributed by atoms with van der Waals surface area (Å²) < 4.78 is 5.55. The van der Waals surface area contributed by atoms with Crippen LogP contribution in [-0.2, 0) is 9.53 Å². The minimum absolute atomic E-state index is 0.00735. The number of amides is 1. The Bertz CT molecular complexity index is 227. The summed E-state index contributed by atoms with van der Waals surface area (Å²) in [6.07, 6.45) is 1.82. The van der Waals surface area contributed by atoms with Crippen LogP contribution in [0.25, 0.3) is 0 Å². The van der Waals surface area contributed by atoms with E-state index >= 15 is 0 Å². The molecule has 0 bridgehead atoms. The Hall–Kier alpha value is -0.610. The SMILES string of the molecule is CCC(CC)C(=O)N1CCOC(C(C)N)C1. The molecule has 0 saturated carbocycles. The van der Waals surface area contributed by atoms with E-state index in [0.29, 0.717) is 19.7 Å². The van der Waals surface area contributed by atoms with Crippen LogP contribution in [0.15, 0.2) is 0 Å². The van der Waals surface area contributed by atoms with Crippen molar-refractivity contribution in [2.75, 3.05) is 19.7 Å². The van der Waals surface area contributed by atoms with Crippen LogP contribution in [0.5, 0.6) is 0 Å². The average Bonchev–Trinajstić information content (AvgIpc) is 2.30. The van der Waals surface area contributed by atoms with Crippen molar-refractivity contribution in [3.8, 4) is 0 Å². The highest BCUT2D eigenvalue weighted by atomic mass is 16.5. The minimum atomic E-state index is -0.0164. The molecule has 2 unspecified atom stereocenters. The normalized spacial score (nSPS) is 23.6. The Balaban J connectivity index is 2.56. The summed E-state index contributed by atoms with van der Waals surface area (Å²) in [5.74, 6) is 0.422. The third-order valence-electron chi connectivity index (χ3n) is 3.33. The van der Waals surface area contributed by atoms with E-state index in [1.54, 1.807) is 0 Å². The predicted molar refractivity (Wildman–Crippen MR) is 64.0 cm³/mol. The summed E-state index contributed by atoms with van der Waals surface area (Å²) in [5, 5.41) is 0. The Morgan fingerprint density at radius 1 is 1.50 bits per heavy atom. The van der Waals surface area contributed by atoms with Gasteiger partial charge in [-0.15, -0.1) is 0 Å². The largest absolute Gasteiger partial charge is 0.373 e. The first-order valence-electron chi connectivity index (χ1n) is 6.26. The summed E-state index contributed by atoms with van der Waals surface area (Å²) in [6, 6.07) is -0.0164. The van der Waals surface area contributed by atoms with E-state index in [1.165, 1.54) is 0 Å². The Labute approximate surface area is 98.1 Å². The van der Waals surface area contributed by atoms with E-state index < -0.39 is 0 Å². The van der Waals surface area contributed by atoms with Crippen LogP contribution >= 0.6 is 0 Å². The molecule has 4 nitrogen and oxygen atoms in total. The number of carbonyl (C=O) groups excluding carboxylic acids is 1. The van der Waals surface area contributed by atoms with Gasteiger partial charge in [0.1, 0.15) is 0 Å². The smallest absolute Gasteiger partial charge is 0.225 e. The molecule has 1 fully saturated rings. The number of nitrogens with zero attached hydrogens (tertiary/aromatic N) is 1.